The highest BCUT2D eigenvalue weighted by molar-refractivity contribution is 9.10. The highest BCUT2D eigenvalue weighted by Crippen LogP contribution is 2.32. The number of likely N-dealkylation sites (N-methyl/N-ethyl adjacent to an activating group) is 1. The number of halogens is 3. The molecule has 0 saturated heterocycles. The molecule has 0 spiro atoms. The molecular formula is C14H14Br2ClNS. The smallest absolute Gasteiger partial charge is 0.0410 e. The number of hydrogen-bond acceptors (Lipinski definition) is 2. The van der Waals surface area contributed by atoms with Crippen LogP contribution in [0, 0.1) is 0 Å². The lowest BCUT2D eigenvalue weighted by Gasteiger charge is -2.19. The maximum atomic E-state index is 6.12. The quantitative estimate of drug-likeness (QED) is 0.639. The van der Waals surface area contributed by atoms with Crippen LogP contribution in [0.1, 0.15) is 23.4 Å². The molecule has 0 saturated carbocycles. The summed E-state index contributed by atoms with van der Waals surface area (Å²) in [5, 5.41) is 6.41. The van der Waals surface area contributed by atoms with E-state index in [1.54, 1.807) is 11.3 Å². The van der Waals surface area contributed by atoms with Crippen molar-refractivity contribution in [3.63, 3.8) is 0 Å². The van der Waals surface area contributed by atoms with E-state index in [2.05, 4.69) is 55.5 Å². The van der Waals surface area contributed by atoms with Crippen LogP contribution in [0.15, 0.2) is 38.6 Å². The molecule has 0 amide bonds. The summed E-state index contributed by atoms with van der Waals surface area (Å²) in [7, 11) is 0. The van der Waals surface area contributed by atoms with Crippen LogP contribution >= 0.6 is 54.8 Å². The zero-order valence-corrected chi connectivity index (χ0v) is 15.2. The van der Waals surface area contributed by atoms with Gasteiger partial charge in [0.1, 0.15) is 0 Å². The molecule has 0 radical (unpaired) electrons. The molecule has 5 heteroatoms. The van der Waals surface area contributed by atoms with E-state index in [9.17, 15) is 0 Å². The van der Waals surface area contributed by atoms with Crippen LogP contribution in [-0.4, -0.2) is 6.54 Å². The van der Waals surface area contributed by atoms with Crippen molar-refractivity contribution in [1.29, 1.82) is 0 Å². The first-order chi connectivity index (χ1) is 9.11. The standard InChI is InChI=1S/C14H14Br2ClNS/c1-2-18-13(8-14-12(16)5-6-19-14)10-7-9(17)3-4-11(10)15/h3-7,13,18H,2,8H2,1H3. The Balaban J connectivity index is 2.29. The minimum absolute atomic E-state index is 0.257. The van der Waals surface area contributed by atoms with E-state index in [0.29, 0.717) is 0 Å². The van der Waals surface area contributed by atoms with Crippen LogP contribution in [0.5, 0.6) is 0 Å². The molecule has 1 unspecified atom stereocenters. The first kappa shape index (κ1) is 15.5. The lowest BCUT2D eigenvalue weighted by atomic mass is 10.0. The predicted octanol–water partition coefficient (Wildman–Crippen LogP) is 5.82. The summed E-state index contributed by atoms with van der Waals surface area (Å²) < 4.78 is 2.27. The van der Waals surface area contributed by atoms with Gasteiger partial charge in [0.05, 0.1) is 0 Å². The van der Waals surface area contributed by atoms with E-state index in [1.807, 2.05) is 18.2 Å². The van der Waals surface area contributed by atoms with Gasteiger partial charge in [-0.2, -0.15) is 0 Å². The Morgan fingerprint density at radius 2 is 2.05 bits per heavy atom. The number of hydrogen-bond donors (Lipinski definition) is 1. The second kappa shape index (κ2) is 7.23. The highest BCUT2D eigenvalue weighted by atomic mass is 79.9. The fourth-order valence-electron chi connectivity index (χ4n) is 1.98. The Labute approximate surface area is 139 Å². The van der Waals surface area contributed by atoms with Crippen molar-refractivity contribution in [2.24, 2.45) is 0 Å². The van der Waals surface area contributed by atoms with Gasteiger partial charge in [0.2, 0.25) is 0 Å². The first-order valence-corrected chi connectivity index (χ1v) is 8.86. The van der Waals surface area contributed by atoms with Crippen LogP contribution in [0.25, 0.3) is 0 Å². The molecule has 0 bridgehead atoms. The monoisotopic (exact) mass is 421 g/mol. The third kappa shape index (κ3) is 4.05. The molecule has 102 valence electrons. The van der Waals surface area contributed by atoms with Gasteiger partial charge >= 0.3 is 0 Å². The Hall–Kier alpha value is 0.130. The summed E-state index contributed by atoms with van der Waals surface area (Å²) in [6, 6.07) is 8.29. The molecule has 2 aromatic rings. The summed E-state index contributed by atoms with van der Waals surface area (Å²) in [5.74, 6) is 0. The molecule has 0 aliphatic heterocycles. The molecular weight excluding hydrogens is 409 g/mol. The normalized spacial score (nSPS) is 12.6. The average molecular weight is 424 g/mol. The average Bonchev–Trinajstić information content (AvgIpc) is 2.78. The van der Waals surface area contributed by atoms with Gasteiger partial charge in [-0.25, -0.2) is 0 Å². The minimum atomic E-state index is 0.257. The van der Waals surface area contributed by atoms with E-state index < -0.39 is 0 Å². The summed E-state index contributed by atoms with van der Waals surface area (Å²) in [6.45, 7) is 3.04. The van der Waals surface area contributed by atoms with Gasteiger partial charge in [-0.15, -0.1) is 11.3 Å². The first-order valence-electron chi connectivity index (χ1n) is 6.02. The van der Waals surface area contributed by atoms with Crippen LogP contribution in [-0.2, 0) is 6.42 Å². The van der Waals surface area contributed by atoms with E-state index in [0.717, 1.165) is 22.5 Å². The molecule has 19 heavy (non-hydrogen) atoms. The van der Waals surface area contributed by atoms with E-state index in [1.165, 1.54) is 14.9 Å². The third-order valence-electron chi connectivity index (χ3n) is 2.86. The van der Waals surface area contributed by atoms with Gasteiger partial charge < -0.3 is 5.32 Å². The van der Waals surface area contributed by atoms with E-state index >= 15 is 0 Å². The van der Waals surface area contributed by atoms with Gasteiger partial charge in [-0.3, -0.25) is 0 Å². The van der Waals surface area contributed by atoms with E-state index in [-0.39, 0.29) is 6.04 Å². The van der Waals surface area contributed by atoms with Gasteiger partial charge in [-0.1, -0.05) is 34.5 Å². The maximum absolute atomic E-state index is 6.12. The Morgan fingerprint density at radius 1 is 1.26 bits per heavy atom. The lowest BCUT2D eigenvalue weighted by molar-refractivity contribution is 0.551. The molecule has 2 rings (SSSR count). The van der Waals surface area contributed by atoms with Crippen molar-refractivity contribution < 1.29 is 0 Å². The van der Waals surface area contributed by atoms with Gasteiger partial charge in [0.15, 0.2) is 0 Å². The van der Waals surface area contributed by atoms with Crippen LogP contribution in [0.2, 0.25) is 5.02 Å². The van der Waals surface area contributed by atoms with Gasteiger partial charge in [-0.05, 0) is 57.7 Å². The van der Waals surface area contributed by atoms with Crippen molar-refractivity contribution >= 4 is 54.8 Å². The van der Waals surface area contributed by atoms with Crippen LogP contribution in [0.3, 0.4) is 0 Å². The summed E-state index contributed by atoms with van der Waals surface area (Å²) >= 11 is 15.1. The molecule has 0 aliphatic carbocycles. The van der Waals surface area contributed by atoms with Crippen molar-refractivity contribution in [3.05, 3.63) is 54.1 Å². The summed E-state index contributed by atoms with van der Waals surface area (Å²) in [5.41, 5.74) is 1.20. The molecule has 1 N–H and O–H groups in total. The second-order valence-electron chi connectivity index (χ2n) is 4.17. The third-order valence-corrected chi connectivity index (χ3v) is 5.77. The largest absolute Gasteiger partial charge is 0.310 e. The van der Waals surface area contributed by atoms with Crippen molar-refractivity contribution in [1.82, 2.24) is 5.32 Å². The maximum Gasteiger partial charge on any atom is 0.0410 e. The zero-order valence-electron chi connectivity index (χ0n) is 10.4. The zero-order chi connectivity index (χ0) is 13.8. The molecule has 1 heterocycles. The molecule has 0 fully saturated rings. The highest BCUT2D eigenvalue weighted by Gasteiger charge is 2.16. The fourth-order valence-corrected chi connectivity index (χ4v) is 4.24. The number of nitrogens with one attached hydrogen (secondary N) is 1. The predicted molar refractivity (Wildman–Crippen MR) is 91.3 cm³/mol. The topological polar surface area (TPSA) is 12.0 Å². The number of benzene rings is 1. The van der Waals surface area contributed by atoms with Crippen LogP contribution in [0.4, 0.5) is 0 Å². The molecule has 0 aliphatic rings. The Kier molecular flexibility index (Phi) is 5.90. The Bertz CT molecular complexity index is 556. The van der Waals surface area contributed by atoms with Crippen molar-refractivity contribution in [3.8, 4) is 0 Å². The van der Waals surface area contributed by atoms with Crippen molar-refractivity contribution in [2.75, 3.05) is 6.54 Å². The minimum Gasteiger partial charge on any atom is -0.310 e. The number of thiophene rings is 1. The van der Waals surface area contributed by atoms with Crippen molar-refractivity contribution in [2.45, 2.75) is 19.4 Å². The SMILES string of the molecule is CCNC(Cc1sccc1Br)c1cc(Cl)ccc1Br. The molecule has 1 aromatic carbocycles. The second-order valence-corrected chi connectivity index (χ2v) is 7.32. The molecule has 1 aromatic heterocycles. The molecule has 1 atom stereocenters. The van der Waals surface area contributed by atoms with Crippen LogP contribution < -0.4 is 5.32 Å². The number of rotatable bonds is 5. The Morgan fingerprint density at radius 3 is 2.68 bits per heavy atom. The fraction of sp³-hybridized carbons (Fsp3) is 0.286. The van der Waals surface area contributed by atoms with Gasteiger partial charge in [0.25, 0.3) is 0 Å². The summed E-state index contributed by atoms with van der Waals surface area (Å²) in [6.07, 6.45) is 0.949. The van der Waals surface area contributed by atoms with Gasteiger partial charge in [0, 0.05) is 31.3 Å². The van der Waals surface area contributed by atoms with E-state index in [4.69, 9.17) is 11.6 Å². The lowest BCUT2D eigenvalue weighted by Crippen LogP contribution is -2.23. The summed E-state index contributed by atoms with van der Waals surface area (Å²) in [4.78, 5) is 1.35. The molecule has 1 nitrogen and oxygen atoms in total.